The maximum absolute atomic E-state index is 11.7. The molecule has 0 aliphatic heterocycles. The Hall–Kier alpha value is -2.30. The molecule has 0 unspecified atom stereocenters. The summed E-state index contributed by atoms with van der Waals surface area (Å²) in [5.41, 5.74) is -0.840. The van der Waals surface area contributed by atoms with Crippen molar-refractivity contribution in [3.8, 4) is 5.75 Å². The van der Waals surface area contributed by atoms with Gasteiger partial charge in [-0.05, 0) is 23.8 Å². The van der Waals surface area contributed by atoms with E-state index in [-0.39, 0.29) is 6.61 Å². The Kier molecular flexibility index (Phi) is 3.55. The number of hydrogen-bond donors (Lipinski definition) is 0. The third-order valence-corrected chi connectivity index (χ3v) is 2.97. The molecular weight excluding hydrogens is 248 g/mol. The number of hydrogen-bond acceptors (Lipinski definition) is 5. The van der Waals surface area contributed by atoms with E-state index in [9.17, 15) is 9.59 Å². The minimum atomic E-state index is -1.39. The number of methoxy groups -OCH3 is 2. The summed E-state index contributed by atoms with van der Waals surface area (Å²) in [5.74, 6) is -0.629. The van der Waals surface area contributed by atoms with Gasteiger partial charge in [-0.2, -0.15) is 0 Å². The molecule has 0 bridgehead atoms. The predicted molar refractivity (Wildman–Crippen MR) is 66.5 cm³/mol. The van der Waals surface area contributed by atoms with E-state index in [0.717, 1.165) is 0 Å². The van der Waals surface area contributed by atoms with Gasteiger partial charge in [0.1, 0.15) is 12.4 Å². The van der Waals surface area contributed by atoms with Gasteiger partial charge >= 0.3 is 11.9 Å². The van der Waals surface area contributed by atoms with Gasteiger partial charge < -0.3 is 14.2 Å². The van der Waals surface area contributed by atoms with Crippen LogP contribution in [-0.4, -0.2) is 32.8 Å². The molecular formula is C14H14O5. The fourth-order valence-corrected chi connectivity index (χ4v) is 1.84. The topological polar surface area (TPSA) is 61.8 Å². The lowest BCUT2D eigenvalue weighted by atomic mass is 10.0. The van der Waals surface area contributed by atoms with Gasteiger partial charge in [-0.1, -0.05) is 18.2 Å². The lowest BCUT2D eigenvalue weighted by Gasteiger charge is -2.13. The normalized spacial score (nSPS) is 15.2. The highest BCUT2D eigenvalue weighted by Gasteiger charge is 2.60. The van der Waals surface area contributed by atoms with Crippen LogP contribution in [0.25, 0.3) is 0 Å². The van der Waals surface area contributed by atoms with Crippen LogP contribution in [0.3, 0.4) is 0 Å². The van der Waals surface area contributed by atoms with E-state index in [1.807, 2.05) is 18.2 Å². The fourth-order valence-electron chi connectivity index (χ4n) is 1.84. The first-order chi connectivity index (χ1) is 9.15. The van der Waals surface area contributed by atoms with Crippen LogP contribution in [-0.2, 0) is 19.1 Å². The Balaban J connectivity index is 2.01. The molecule has 0 heterocycles. The maximum Gasteiger partial charge on any atom is 0.331 e. The summed E-state index contributed by atoms with van der Waals surface area (Å²) in [6.45, 7) is 0.147. The molecule has 0 saturated carbocycles. The number of esters is 2. The molecule has 0 atom stereocenters. The van der Waals surface area contributed by atoms with E-state index in [4.69, 9.17) is 4.74 Å². The Morgan fingerprint density at radius 1 is 1.05 bits per heavy atom. The first-order valence-corrected chi connectivity index (χ1v) is 5.72. The molecule has 0 aromatic heterocycles. The highest BCUT2D eigenvalue weighted by Crippen LogP contribution is 2.46. The number of para-hydroxylation sites is 1. The third-order valence-electron chi connectivity index (χ3n) is 2.97. The van der Waals surface area contributed by atoms with Crippen LogP contribution in [0.15, 0.2) is 42.0 Å². The molecule has 1 aliphatic rings. The molecule has 0 amide bonds. The number of ether oxygens (including phenoxy) is 3. The lowest BCUT2D eigenvalue weighted by Crippen LogP contribution is -2.32. The second kappa shape index (κ2) is 5.14. The van der Waals surface area contributed by atoms with Crippen LogP contribution in [0.2, 0.25) is 0 Å². The molecule has 2 rings (SSSR count). The van der Waals surface area contributed by atoms with E-state index in [2.05, 4.69) is 9.47 Å². The van der Waals surface area contributed by atoms with Gasteiger partial charge in [0.05, 0.1) is 14.2 Å². The summed E-state index contributed by atoms with van der Waals surface area (Å²) in [4.78, 5) is 23.4. The Morgan fingerprint density at radius 2 is 1.63 bits per heavy atom. The van der Waals surface area contributed by atoms with Crippen LogP contribution < -0.4 is 4.74 Å². The van der Waals surface area contributed by atoms with Crippen molar-refractivity contribution in [2.75, 3.05) is 20.8 Å². The highest BCUT2D eigenvalue weighted by molar-refractivity contribution is 6.10. The van der Waals surface area contributed by atoms with Crippen molar-refractivity contribution in [2.45, 2.75) is 0 Å². The summed E-state index contributed by atoms with van der Waals surface area (Å²) in [6, 6.07) is 9.13. The number of benzene rings is 1. The van der Waals surface area contributed by atoms with Crippen LogP contribution in [0.1, 0.15) is 0 Å². The van der Waals surface area contributed by atoms with Gasteiger partial charge in [0.25, 0.3) is 0 Å². The quantitative estimate of drug-likeness (QED) is 0.455. The minimum Gasteiger partial charge on any atom is -0.489 e. The summed E-state index contributed by atoms with van der Waals surface area (Å²) < 4.78 is 14.8. The Labute approximate surface area is 110 Å². The molecule has 1 aliphatic carbocycles. The van der Waals surface area contributed by atoms with Gasteiger partial charge in [0.2, 0.25) is 5.41 Å². The molecule has 0 radical (unpaired) electrons. The van der Waals surface area contributed by atoms with Crippen molar-refractivity contribution >= 4 is 11.9 Å². The molecule has 5 nitrogen and oxygen atoms in total. The van der Waals surface area contributed by atoms with Crippen LogP contribution in [0, 0.1) is 5.41 Å². The largest absolute Gasteiger partial charge is 0.489 e. The highest BCUT2D eigenvalue weighted by atomic mass is 16.5. The molecule has 0 saturated heterocycles. The van der Waals surface area contributed by atoms with Gasteiger partial charge in [-0.15, -0.1) is 0 Å². The minimum absolute atomic E-state index is 0.147. The van der Waals surface area contributed by atoms with E-state index in [1.54, 1.807) is 12.1 Å². The second-order valence-corrected chi connectivity index (χ2v) is 4.06. The van der Waals surface area contributed by atoms with Crippen molar-refractivity contribution in [1.82, 2.24) is 0 Å². The zero-order chi connectivity index (χ0) is 13.9. The van der Waals surface area contributed by atoms with Crippen molar-refractivity contribution in [2.24, 2.45) is 5.41 Å². The molecule has 19 heavy (non-hydrogen) atoms. The van der Waals surface area contributed by atoms with Crippen molar-refractivity contribution in [3.05, 3.63) is 42.0 Å². The van der Waals surface area contributed by atoms with Crippen LogP contribution in [0.4, 0.5) is 0 Å². The summed E-state index contributed by atoms with van der Waals surface area (Å²) in [6.07, 6.45) is 1.51. The predicted octanol–water partition coefficient (Wildman–Crippen LogP) is 1.34. The van der Waals surface area contributed by atoms with Crippen LogP contribution >= 0.6 is 0 Å². The maximum atomic E-state index is 11.7. The first kappa shape index (κ1) is 13.1. The molecule has 1 aromatic carbocycles. The van der Waals surface area contributed by atoms with E-state index in [0.29, 0.717) is 11.3 Å². The Bertz CT molecular complexity index is 502. The average Bonchev–Trinajstić information content (AvgIpc) is 3.20. The van der Waals surface area contributed by atoms with E-state index in [1.165, 1.54) is 20.3 Å². The first-order valence-electron chi connectivity index (χ1n) is 5.72. The van der Waals surface area contributed by atoms with Crippen molar-refractivity contribution in [3.63, 3.8) is 0 Å². The monoisotopic (exact) mass is 262 g/mol. The SMILES string of the molecule is COC(=O)C1(C(=O)OC)C=C1COc1ccccc1. The Morgan fingerprint density at radius 3 is 2.16 bits per heavy atom. The second-order valence-electron chi connectivity index (χ2n) is 4.06. The van der Waals surface area contributed by atoms with Gasteiger partial charge in [-0.25, -0.2) is 0 Å². The average molecular weight is 262 g/mol. The van der Waals surface area contributed by atoms with Crippen molar-refractivity contribution < 1.29 is 23.8 Å². The molecule has 100 valence electrons. The number of rotatable bonds is 5. The number of carbonyl (C=O) groups is 2. The standard InChI is InChI=1S/C14H14O5/c1-17-12(15)14(13(16)18-2)8-10(14)9-19-11-6-4-3-5-7-11/h3-8H,9H2,1-2H3. The summed E-state index contributed by atoms with van der Waals surface area (Å²) in [7, 11) is 2.46. The van der Waals surface area contributed by atoms with Gasteiger partial charge in [0.15, 0.2) is 0 Å². The van der Waals surface area contributed by atoms with E-state index >= 15 is 0 Å². The molecule has 0 fully saturated rings. The van der Waals surface area contributed by atoms with Crippen LogP contribution in [0.5, 0.6) is 5.75 Å². The zero-order valence-corrected chi connectivity index (χ0v) is 10.7. The molecule has 0 spiro atoms. The fraction of sp³-hybridized carbons (Fsp3) is 0.286. The zero-order valence-electron chi connectivity index (χ0n) is 10.7. The molecule has 1 aromatic rings. The summed E-state index contributed by atoms with van der Waals surface area (Å²) >= 11 is 0. The van der Waals surface area contributed by atoms with E-state index < -0.39 is 17.4 Å². The molecule has 5 heteroatoms. The lowest BCUT2D eigenvalue weighted by molar-refractivity contribution is -0.159. The number of carbonyl (C=O) groups excluding carboxylic acids is 2. The van der Waals surface area contributed by atoms with Gasteiger partial charge in [0, 0.05) is 0 Å². The third kappa shape index (κ3) is 2.31. The van der Waals surface area contributed by atoms with Crippen molar-refractivity contribution in [1.29, 1.82) is 0 Å². The summed E-state index contributed by atoms with van der Waals surface area (Å²) in [5, 5.41) is 0. The smallest absolute Gasteiger partial charge is 0.331 e. The molecule has 0 N–H and O–H groups in total. The van der Waals surface area contributed by atoms with Gasteiger partial charge in [-0.3, -0.25) is 9.59 Å².